The molecule has 1 rings (SSSR count). The molecule has 4 heteroatoms. The zero-order chi connectivity index (χ0) is 12.1. The molecule has 0 atom stereocenters. The lowest BCUT2D eigenvalue weighted by atomic mass is 10.0. The molecule has 1 aromatic carbocycles. The number of para-hydroxylation sites is 1. The molecule has 0 aliphatic carbocycles. The van der Waals surface area contributed by atoms with E-state index in [9.17, 15) is 4.79 Å². The van der Waals surface area contributed by atoms with E-state index in [2.05, 4.69) is 0 Å². The monoisotopic (exact) mass is 221 g/mol. The number of nitrogens with two attached hydrogens (primary N) is 2. The number of hydrogen-bond donors (Lipinski definition) is 2. The van der Waals surface area contributed by atoms with E-state index in [0.29, 0.717) is 0 Å². The number of hydrogen-bond acceptors (Lipinski definition) is 3. The third-order valence-electron chi connectivity index (χ3n) is 2.65. The van der Waals surface area contributed by atoms with Gasteiger partial charge in [-0.3, -0.25) is 4.79 Å². The van der Waals surface area contributed by atoms with Crippen LogP contribution in [0, 0.1) is 0 Å². The fraction of sp³-hybridized carbons (Fsp3) is 0.417. The molecule has 0 aromatic heterocycles. The number of amides is 1. The van der Waals surface area contributed by atoms with Gasteiger partial charge in [0, 0.05) is 0 Å². The summed E-state index contributed by atoms with van der Waals surface area (Å²) in [6, 6.07) is 5.96. The summed E-state index contributed by atoms with van der Waals surface area (Å²) >= 11 is 0. The van der Waals surface area contributed by atoms with Crippen LogP contribution in [0.3, 0.4) is 0 Å². The van der Waals surface area contributed by atoms with Crippen molar-refractivity contribution in [1.29, 1.82) is 0 Å². The van der Waals surface area contributed by atoms with E-state index in [1.165, 1.54) is 5.01 Å². The van der Waals surface area contributed by atoms with Gasteiger partial charge in [-0.05, 0) is 24.0 Å². The smallest absolute Gasteiger partial charge is 0.254 e. The largest absolute Gasteiger partial charge is 0.322 e. The van der Waals surface area contributed by atoms with Crippen LogP contribution in [0.4, 0.5) is 5.69 Å². The molecule has 4 N–H and O–H groups in total. The second-order valence-corrected chi connectivity index (χ2v) is 3.60. The van der Waals surface area contributed by atoms with Gasteiger partial charge in [-0.25, -0.2) is 10.9 Å². The molecule has 0 spiro atoms. The number of carbonyl (C=O) groups excluding carboxylic acids is 1. The van der Waals surface area contributed by atoms with Crippen molar-refractivity contribution in [2.75, 3.05) is 11.6 Å². The van der Waals surface area contributed by atoms with Gasteiger partial charge in [-0.1, -0.05) is 32.0 Å². The topological polar surface area (TPSA) is 72.3 Å². The number of benzene rings is 1. The van der Waals surface area contributed by atoms with E-state index in [-0.39, 0.29) is 12.5 Å². The van der Waals surface area contributed by atoms with Crippen molar-refractivity contribution < 1.29 is 4.79 Å². The molecule has 88 valence electrons. The molecular weight excluding hydrogens is 202 g/mol. The van der Waals surface area contributed by atoms with Crippen LogP contribution < -0.4 is 16.6 Å². The van der Waals surface area contributed by atoms with E-state index >= 15 is 0 Å². The number of anilines is 1. The molecule has 0 heterocycles. The van der Waals surface area contributed by atoms with Gasteiger partial charge in [-0.15, -0.1) is 0 Å². The quantitative estimate of drug-likeness (QED) is 0.452. The molecule has 0 unspecified atom stereocenters. The first-order chi connectivity index (χ1) is 7.65. The lowest BCUT2D eigenvalue weighted by Crippen LogP contribution is -2.42. The second-order valence-electron chi connectivity index (χ2n) is 3.60. The summed E-state index contributed by atoms with van der Waals surface area (Å²) in [5, 5.41) is 1.18. The number of nitrogens with zero attached hydrogens (tertiary/aromatic N) is 1. The van der Waals surface area contributed by atoms with E-state index in [1.807, 2.05) is 32.0 Å². The fourth-order valence-electron chi connectivity index (χ4n) is 1.75. The van der Waals surface area contributed by atoms with Crippen LogP contribution in [0.5, 0.6) is 0 Å². The summed E-state index contributed by atoms with van der Waals surface area (Å²) in [5.74, 6) is 5.54. The Hall–Kier alpha value is -1.39. The van der Waals surface area contributed by atoms with Gasteiger partial charge in [-0.2, -0.15) is 0 Å². The van der Waals surface area contributed by atoms with E-state index < -0.39 is 0 Å². The first-order valence-electron chi connectivity index (χ1n) is 5.54. The van der Waals surface area contributed by atoms with Crippen LogP contribution in [0.2, 0.25) is 0 Å². The molecule has 16 heavy (non-hydrogen) atoms. The summed E-state index contributed by atoms with van der Waals surface area (Å²) < 4.78 is 0. The molecule has 0 aliphatic heterocycles. The van der Waals surface area contributed by atoms with Gasteiger partial charge in [0.2, 0.25) is 0 Å². The first-order valence-corrected chi connectivity index (χ1v) is 5.54. The molecule has 0 saturated heterocycles. The number of rotatable bonds is 4. The zero-order valence-electron chi connectivity index (χ0n) is 9.86. The van der Waals surface area contributed by atoms with Crippen molar-refractivity contribution >= 4 is 11.6 Å². The minimum absolute atomic E-state index is 0.0717. The van der Waals surface area contributed by atoms with Crippen LogP contribution in [0.15, 0.2) is 18.2 Å². The highest BCUT2D eigenvalue weighted by molar-refractivity contribution is 5.95. The maximum atomic E-state index is 11.5. The Morgan fingerprint density at radius 2 is 1.75 bits per heavy atom. The SMILES string of the molecule is CCc1cccc(CC)c1N(N)C(=O)CN. The minimum Gasteiger partial charge on any atom is -0.322 e. The van der Waals surface area contributed by atoms with E-state index in [0.717, 1.165) is 29.7 Å². The Bertz CT molecular complexity index is 354. The average molecular weight is 221 g/mol. The van der Waals surface area contributed by atoms with Crippen LogP contribution >= 0.6 is 0 Å². The average Bonchev–Trinajstić information content (AvgIpc) is 2.35. The summed E-state index contributed by atoms with van der Waals surface area (Å²) in [6.45, 7) is 4.01. The maximum Gasteiger partial charge on any atom is 0.254 e. The molecular formula is C12H19N3O. The normalized spacial score (nSPS) is 10.2. The molecule has 0 radical (unpaired) electrons. The van der Waals surface area contributed by atoms with Crippen LogP contribution in [-0.2, 0) is 17.6 Å². The van der Waals surface area contributed by atoms with Gasteiger partial charge in [0.15, 0.2) is 0 Å². The standard InChI is InChI=1S/C12H19N3O/c1-3-9-6-5-7-10(4-2)12(9)15(14)11(16)8-13/h5-7H,3-4,8,13-14H2,1-2H3. The molecule has 0 saturated carbocycles. The van der Waals surface area contributed by atoms with E-state index in [4.69, 9.17) is 11.6 Å². The van der Waals surface area contributed by atoms with Gasteiger partial charge in [0.05, 0.1) is 12.2 Å². The Labute approximate surface area is 96.2 Å². The lowest BCUT2D eigenvalue weighted by Gasteiger charge is -2.22. The highest BCUT2D eigenvalue weighted by atomic mass is 16.2. The van der Waals surface area contributed by atoms with Crippen molar-refractivity contribution in [3.05, 3.63) is 29.3 Å². The van der Waals surface area contributed by atoms with Crippen molar-refractivity contribution in [3.63, 3.8) is 0 Å². The van der Waals surface area contributed by atoms with Crippen molar-refractivity contribution in [2.45, 2.75) is 26.7 Å². The zero-order valence-corrected chi connectivity index (χ0v) is 9.86. The lowest BCUT2D eigenvalue weighted by molar-refractivity contribution is -0.117. The third kappa shape index (κ3) is 2.40. The summed E-state index contributed by atoms with van der Waals surface area (Å²) in [6.07, 6.45) is 1.68. The summed E-state index contributed by atoms with van der Waals surface area (Å²) in [4.78, 5) is 11.5. The molecule has 1 amide bonds. The summed E-state index contributed by atoms with van der Waals surface area (Å²) in [5.41, 5.74) is 8.28. The predicted molar refractivity (Wildman–Crippen MR) is 65.9 cm³/mol. The van der Waals surface area contributed by atoms with Gasteiger partial charge < -0.3 is 5.73 Å². The number of carbonyl (C=O) groups is 1. The maximum absolute atomic E-state index is 11.5. The third-order valence-corrected chi connectivity index (χ3v) is 2.65. The molecule has 4 nitrogen and oxygen atoms in total. The molecule has 0 bridgehead atoms. The highest BCUT2D eigenvalue weighted by Crippen LogP contribution is 2.24. The highest BCUT2D eigenvalue weighted by Gasteiger charge is 2.16. The van der Waals surface area contributed by atoms with Crippen molar-refractivity contribution in [1.82, 2.24) is 0 Å². The van der Waals surface area contributed by atoms with Gasteiger partial charge in [0.25, 0.3) is 5.91 Å². The second kappa shape index (κ2) is 5.63. The van der Waals surface area contributed by atoms with E-state index in [1.54, 1.807) is 0 Å². The first kappa shape index (κ1) is 12.7. The summed E-state index contributed by atoms with van der Waals surface area (Å²) in [7, 11) is 0. The van der Waals surface area contributed by atoms with Crippen LogP contribution in [-0.4, -0.2) is 12.5 Å². The van der Waals surface area contributed by atoms with Crippen molar-refractivity contribution in [3.8, 4) is 0 Å². The Kier molecular flexibility index (Phi) is 4.46. The minimum atomic E-state index is -0.268. The molecule has 0 aliphatic rings. The molecule has 1 aromatic rings. The van der Waals surface area contributed by atoms with Gasteiger partial charge >= 0.3 is 0 Å². The van der Waals surface area contributed by atoms with Crippen LogP contribution in [0.1, 0.15) is 25.0 Å². The van der Waals surface area contributed by atoms with Crippen molar-refractivity contribution in [2.24, 2.45) is 11.6 Å². The number of hydrazine groups is 1. The Morgan fingerprint density at radius 1 is 1.25 bits per heavy atom. The Balaban J connectivity index is 3.22. The Morgan fingerprint density at radius 3 is 2.12 bits per heavy atom. The number of aryl methyl sites for hydroxylation is 2. The van der Waals surface area contributed by atoms with Crippen LogP contribution in [0.25, 0.3) is 0 Å². The predicted octanol–water partition coefficient (Wildman–Crippen LogP) is 0.977. The fourth-order valence-corrected chi connectivity index (χ4v) is 1.75. The molecule has 0 fully saturated rings. The van der Waals surface area contributed by atoms with Gasteiger partial charge in [0.1, 0.15) is 0 Å².